The summed E-state index contributed by atoms with van der Waals surface area (Å²) in [5, 5.41) is 5.85. The molecule has 0 aromatic rings. The highest BCUT2D eigenvalue weighted by atomic mass is 16.2. The average Bonchev–Trinajstić information content (AvgIpc) is 2.73. The maximum absolute atomic E-state index is 13.1. The van der Waals surface area contributed by atoms with Crippen LogP contribution in [0.5, 0.6) is 0 Å². The summed E-state index contributed by atoms with van der Waals surface area (Å²) in [6, 6.07) is -0.381. The van der Waals surface area contributed by atoms with E-state index in [1.165, 1.54) is 19.3 Å². The molecule has 4 amide bonds. The molecule has 2 N–H and O–H groups in total. The van der Waals surface area contributed by atoms with E-state index in [9.17, 15) is 14.4 Å². The van der Waals surface area contributed by atoms with E-state index >= 15 is 0 Å². The molecular formula is C21H37N3O3. The lowest BCUT2D eigenvalue weighted by Gasteiger charge is -2.43. The van der Waals surface area contributed by atoms with Crippen LogP contribution < -0.4 is 10.6 Å². The Morgan fingerprint density at radius 3 is 2.59 bits per heavy atom. The molecule has 1 saturated heterocycles. The van der Waals surface area contributed by atoms with Gasteiger partial charge in [0.05, 0.1) is 0 Å². The summed E-state index contributed by atoms with van der Waals surface area (Å²) in [4.78, 5) is 39.0. The summed E-state index contributed by atoms with van der Waals surface area (Å²) in [6.07, 6.45) is 7.86. The van der Waals surface area contributed by atoms with E-state index in [0.717, 1.165) is 24.2 Å². The average molecular weight is 380 g/mol. The van der Waals surface area contributed by atoms with Gasteiger partial charge in [-0.2, -0.15) is 0 Å². The minimum atomic E-state index is -0.843. The molecule has 27 heavy (non-hydrogen) atoms. The molecule has 3 atom stereocenters. The standard InChI is InChI=1S/C21H37N3O3/c1-6-7-8-9-10-16(3)22-17(25)13-24-18(26)21(23-19(24)27)12-15(2)11-20(4,5)14-21/h15-16H,6-14H2,1-5H3,(H,22,25)(H,23,27). The number of carbonyl (C=O) groups excluding carboxylic acids is 3. The minimum absolute atomic E-state index is 0.00806. The molecule has 1 aliphatic carbocycles. The number of rotatable bonds is 8. The highest BCUT2D eigenvalue weighted by molar-refractivity contribution is 6.09. The fourth-order valence-electron chi connectivity index (χ4n) is 5.06. The van der Waals surface area contributed by atoms with Gasteiger partial charge in [-0.05, 0) is 43.9 Å². The van der Waals surface area contributed by atoms with Gasteiger partial charge in [-0.3, -0.25) is 14.5 Å². The van der Waals surface area contributed by atoms with Gasteiger partial charge < -0.3 is 10.6 Å². The molecule has 2 fully saturated rings. The molecule has 0 aromatic heterocycles. The summed E-state index contributed by atoms with van der Waals surface area (Å²) in [7, 11) is 0. The van der Waals surface area contributed by atoms with Crippen molar-refractivity contribution in [1.82, 2.24) is 15.5 Å². The fourth-order valence-corrected chi connectivity index (χ4v) is 5.06. The van der Waals surface area contributed by atoms with E-state index in [1.807, 2.05) is 6.92 Å². The Labute approximate surface area is 163 Å². The van der Waals surface area contributed by atoms with E-state index in [-0.39, 0.29) is 29.8 Å². The molecule has 3 unspecified atom stereocenters. The second-order valence-electron chi connectivity index (χ2n) is 9.58. The first-order chi connectivity index (χ1) is 12.6. The Morgan fingerprint density at radius 1 is 1.26 bits per heavy atom. The molecular weight excluding hydrogens is 342 g/mol. The molecule has 2 aliphatic rings. The molecule has 1 heterocycles. The van der Waals surface area contributed by atoms with Crippen molar-refractivity contribution in [2.75, 3.05) is 6.54 Å². The van der Waals surface area contributed by atoms with E-state index in [1.54, 1.807) is 0 Å². The Bertz CT molecular complexity index is 575. The van der Waals surface area contributed by atoms with Crippen molar-refractivity contribution in [2.45, 2.75) is 97.6 Å². The maximum Gasteiger partial charge on any atom is 0.325 e. The minimum Gasteiger partial charge on any atom is -0.352 e. The Hall–Kier alpha value is -1.59. The van der Waals surface area contributed by atoms with Crippen LogP contribution in [0.2, 0.25) is 0 Å². The number of amides is 4. The second-order valence-corrected chi connectivity index (χ2v) is 9.58. The number of urea groups is 1. The van der Waals surface area contributed by atoms with Crippen LogP contribution in [0.4, 0.5) is 4.79 Å². The molecule has 6 nitrogen and oxygen atoms in total. The monoisotopic (exact) mass is 379 g/mol. The largest absolute Gasteiger partial charge is 0.352 e. The van der Waals surface area contributed by atoms with Gasteiger partial charge in [0.25, 0.3) is 5.91 Å². The van der Waals surface area contributed by atoms with E-state index in [4.69, 9.17) is 0 Å². The van der Waals surface area contributed by atoms with Crippen LogP contribution in [-0.4, -0.2) is 40.9 Å². The van der Waals surface area contributed by atoms with Crippen molar-refractivity contribution in [1.29, 1.82) is 0 Å². The van der Waals surface area contributed by atoms with Crippen LogP contribution in [0.1, 0.15) is 86.0 Å². The van der Waals surface area contributed by atoms with Gasteiger partial charge in [-0.1, -0.05) is 53.4 Å². The lowest BCUT2D eigenvalue weighted by molar-refractivity contribution is -0.137. The number of nitrogens with one attached hydrogen (secondary N) is 2. The normalized spacial score (nSPS) is 28.3. The summed E-state index contributed by atoms with van der Waals surface area (Å²) in [6.45, 7) is 10.4. The highest BCUT2D eigenvalue weighted by Gasteiger charge is 2.56. The summed E-state index contributed by atoms with van der Waals surface area (Å²) in [5.74, 6) is -0.144. The van der Waals surface area contributed by atoms with Gasteiger partial charge in [-0.15, -0.1) is 0 Å². The molecule has 0 bridgehead atoms. The van der Waals surface area contributed by atoms with Crippen LogP contribution in [0.15, 0.2) is 0 Å². The predicted octanol–water partition coefficient (Wildman–Crippen LogP) is 3.60. The van der Waals surface area contributed by atoms with Gasteiger partial charge in [0.2, 0.25) is 5.91 Å². The lowest BCUT2D eigenvalue weighted by atomic mass is 9.64. The van der Waals surface area contributed by atoms with Crippen molar-refractivity contribution in [2.24, 2.45) is 11.3 Å². The zero-order chi connectivity index (χ0) is 20.2. The molecule has 154 valence electrons. The van der Waals surface area contributed by atoms with E-state index in [0.29, 0.717) is 18.8 Å². The van der Waals surface area contributed by atoms with Gasteiger partial charge in [-0.25, -0.2) is 4.79 Å². The van der Waals surface area contributed by atoms with Crippen LogP contribution in [0, 0.1) is 11.3 Å². The first-order valence-corrected chi connectivity index (χ1v) is 10.5. The molecule has 6 heteroatoms. The van der Waals surface area contributed by atoms with Gasteiger partial charge in [0.15, 0.2) is 0 Å². The Morgan fingerprint density at radius 2 is 1.96 bits per heavy atom. The highest BCUT2D eigenvalue weighted by Crippen LogP contribution is 2.46. The molecule has 1 aliphatic heterocycles. The van der Waals surface area contributed by atoms with Gasteiger partial charge in [0, 0.05) is 6.04 Å². The molecule has 1 saturated carbocycles. The smallest absolute Gasteiger partial charge is 0.325 e. The lowest BCUT2D eigenvalue weighted by Crippen LogP contribution is -2.54. The first kappa shape index (κ1) is 21.7. The Kier molecular flexibility index (Phi) is 6.92. The molecule has 1 spiro atoms. The van der Waals surface area contributed by atoms with Crippen LogP contribution in [0.3, 0.4) is 0 Å². The van der Waals surface area contributed by atoms with Crippen molar-refractivity contribution in [3.05, 3.63) is 0 Å². The Balaban J connectivity index is 1.92. The number of carbonyl (C=O) groups is 3. The quantitative estimate of drug-likeness (QED) is 0.500. The van der Waals surface area contributed by atoms with E-state index in [2.05, 4.69) is 38.3 Å². The van der Waals surface area contributed by atoms with Crippen LogP contribution in [0.25, 0.3) is 0 Å². The number of hydrogen-bond acceptors (Lipinski definition) is 3. The molecule has 0 radical (unpaired) electrons. The topological polar surface area (TPSA) is 78.5 Å². The second kappa shape index (κ2) is 8.61. The van der Waals surface area contributed by atoms with E-state index < -0.39 is 11.6 Å². The third kappa shape index (κ3) is 5.45. The summed E-state index contributed by atoms with van der Waals surface area (Å²) < 4.78 is 0. The van der Waals surface area contributed by atoms with Crippen LogP contribution in [-0.2, 0) is 9.59 Å². The molecule has 2 rings (SSSR count). The number of nitrogens with zero attached hydrogens (tertiary/aromatic N) is 1. The fraction of sp³-hybridized carbons (Fsp3) is 0.857. The number of imide groups is 1. The maximum atomic E-state index is 13.1. The summed E-state index contributed by atoms with van der Waals surface area (Å²) in [5.41, 5.74) is -0.851. The first-order valence-electron chi connectivity index (χ1n) is 10.5. The zero-order valence-corrected chi connectivity index (χ0v) is 17.7. The van der Waals surface area contributed by atoms with Crippen molar-refractivity contribution in [3.63, 3.8) is 0 Å². The zero-order valence-electron chi connectivity index (χ0n) is 17.7. The van der Waals surface area contributed by atoms with Gasteiger partial charge in [0.1, 0.15) is 12.1 Å². The molecule has 0 aromatic carbocycles. The predicted molar refractivity (Wildman–Crippen MR) is 106 cm³/mol. The van der Waals surface area contributed by atoms with Crippen LogP contribution >= 0.6 is 0 Å². The van der Waals surface area contributed by atoms with Crippen molar-refractivity contribution < 1.29 is 14.4 Å². The third-order valence-corrected chi connectivity index (χ3v) is 5.82. The van der Waals surface area contributed by atoms with Crippen molar-refractivity contribution in [3.8, 4) is 0 Å². The SMILES string of the molecule is CCCCCCC(C)NC(=O)CN1C(=O)NC2(CC(C)CC(C)(C)C2)C1=O. The summed E-state index contributed by atoms with van der Waals surface area (Å²) >= 11 is 0. The van der Waals surface area contributed by atoms with Crippen molar-refractivity contribution >= 4 is 17.8 Å². The number of unbranched alkanes of at least 4 members (excludes halogenated alkanes) is 3. The third-order valence-electron chi connectivity index (χ3n) is 5.82. The van der Waals surface area contributed by atoms with Gasteiger partial charge >= 0.3 is 6.03 Å². The number of hydrogen-bond donors (Lipinski definition) is 2.